The minimum Gasteiger partial charge on any atom is -0.466 e. The highest BCUT2D eigenvalue weighted by molar-refractivity contribution is 5.90. The average molecular weight is 1340 g/mol. The van der Waals surface area contributed by atoms with Crippen molar-refractivity contribution in [2.75, 3.05) is 39.6 Å². The first-order valence-electron chi connectivity index (χ1n) is 40.9. The van der Waals surface area contributed by atoms with Gasteiger partial charge in [-0.2, -0.15) is 0 Å². The monoisotopic (exact) mass is 1340 g/mol. The van der Waals surface area contributed by atoms with E-state index in [0.717, 1.165) is 116 Å². The Balaban J connectivity index is 5.61. The predicted octanol–water partition coefficient (Wildman–Crippen LogP) is 23.8. The third-order valence-corrected chi connectivity index (χ3v) is 19.0. The number of aliphatic hydroxyl groups excluding tert-OH is 1. The van der Waals surface area contributed by atoms with Crippen molar-refractivity contribution in [3.05, 3.63) is 24.3 Å². The zero-order valence-corrected chi connectivity index (χ0v) is 62.9. The SMILES string of the molecule is CCCCCCCC/C=C\CCCCCCCC(=O)OCC(CO)(COC(=O)CCCCCCC/C=C\CCCCCCCC)COC(=O)CC(O)(CC(=O)OCCCCCCCCCCCCCCCCCC)C(=O)OCCCCCCCCCCCCCCCCCC. The summed E-state index contributed by atoms with van der Waals surface area (Å²) < 4.78 is 28.3. The normalized spacial score (nSPS) is 12.4. The molecule has 0 saturated heterocycles. The molecule has 0 bridgehead atoms. The van der Waals surface area contributed by atoms with E-state index in [1.165, 1.54) is 231 Å². The quantitative estimate of drug-likeness (QED) is 0.0256. The fourth-order valence-corrected chi connectivity index (χ4v) is 12.4. The summed E-state index contributed by atoms with van der Waals surface area (Å²) in [5.74, 6) is -3.95. The van der Waals surface area contributed by atoms with Gasteiger partial charge in [-0.25, -0.2) is 4.79 Å². The van der Waals surface area contributed by atoms with Crippen molar-refractivity contribution in [1.29, 1.82) is 0 Å². The summed E-state index contributed by atoms with van der Waals surface area (Å²) in [5, 5.41) is 22.9. The summed E-state index contributed by atoms with van der Waals surface area (Å²) >= 11 is 0. The van der Waals surface area contributed by atoms with E-state index >= 15 is 0 Å². The molecule has 1 atom stereocenters. The number of ether oxygens (including phenoxy) is 5. The van der Waals surface area contributed by atoms with E-state index in [9.17, 15) is 34.2 Å². The molecule has 0 spiro atoms. The molecule has 0 fully saturated rings. The van der Waals surface area contributed by atoms with Crippen LogP contribution in [-0.4, -0.2) is 85.3 Å². The van der Waals surface area contributed by atoms with E-state index in [4.69, 9.17) is 23.7 Å². The number of esters is 5. The first-order valence-corrected chi connectivity index (χ1v) is 40.9. The summed E-state index contributed by atoms with van der Waals surface area (Å²) in [5.41, 5.74) is -4.13. The summed E-state index contributed by atoms with van der Waals surface area (Å²) in [7, 11) is 0. The van der Waals surface area contributed by atoms with Gasteiger partial charge in [0.05, 0.1) is 38.1 Å². The van der Waals surface area contributed by atoms with Crippen LogP contribution < -0.4 is 0 Å². The molecule has 0 aliphatic rings. The van der Waals surface area contributed by atoms with E-state index in [2.05, 4.69) is 52.0 Å². The van der Waals surface area contributed by atoms with E-state index in [1.54, 1.807) is 0 Å². The molecule has 2 N–H and O–H groups in total. The Morgan fingerprint density at radius 3 is 0.768 bits per heavy atom. The number of unbranched alkanes of at least 4 members (excludes halogenated alkanes) is 52. The van der Waals surface area contributed by atoms with Crippen LogP contribution in [0.15, 0.2) is 24.3 Å². The first-order chi connectivity index (χ1) is 46.5. The molecule has 0 radical (unpaired) electrons. The van der Waals surface area contributed by atoms with Crippen LogP contribution in [-0.2, 0) is 47.7 Å². The van der Waals surface area contributed by atoms with Crippen molar-refractivity contribution in [2.24, 2.45) is 5.41 Å². The van der Waals surface area contributed by atoms with Gasteiger partial charge < -0.3 is 33.9 Å². The van der Waals surface area contributed by atoms with Crippen molar-refractivity contribution in [1.82, 2.24) is 0 Å². The van der Waals surface area contributed by atoms with Crippen molar-refractivity contribution in [3.63, 3.8) is 0 Å². The van der Waals surface area contributed by atoms with Crippen LogP contribution >= 0.6 is 0 Å². The van der Waals surface area contributed by atoms with Crippen LogP contribution in [0.5, 0.6) is 0 Å². The van der Waals surface area contributed by atoms with Crippen LogP contribution in [0.25, 0.3) is 0 Å². The molecule has 558 valence electrons. The fourth-order valence-electron chi connectivity index (χ4n) is 12.4. The summed E-state index contributed by atoms with van der Waals surface area (Å²) in [6.45, 7) is 7.11. The van der Waals surface area contributed by atoms with E-state index in [0.29, 0.717) is 25.7 Å². The molecule has 12 nitrogen and oxygen atoms in total. The standard InChI is InChI=1S/C83H154O12/c1-5-9-13-17-21-25-29-33-37-41-45-49-53-57-61-65-69-91-79(87)71-83(90,81(89)92-70-66-62-58-54-50-46-42-38-34-30-26-22-18-14-10-6-2)72-80(88)95-76-82(73-84,74-93-77(85)67-63-59-55-51-47-43-39-35-31-27-23-19-15-11-7-3)75-94-78(86)68-64-60-56-52-48-44-40-36-32-28-24-20-16-12-8-4/h35-36,39-40,84,90H,5-34,37-38,41-76H2,1-4H3/b39-35-,40-36-. The lowest BCUT2D eigenvalue weighted by molar-refractivity contribution is -0.180. The molecule has 0 aliphatic heterocycles. The maximum absolute atomic E-state index is 13.8. The van der Waals surface area contributed by atoms with Crippen LogP contribution in [0, 0.1) is 5.41 Å². The van der Waals surface area contributed by atoms with Gasteiger partial charge in [-0.05, 0) is 77.0 Å². The lowest BCUT2D eigenvalue weighted by Gasteiger charge is -2.31. The van der Waals surface area contributed by atoms with Gasteiger partial charge in [0.15, 0.2) is 5.60 Å². The summed E-state index contributed by atoms with van der Waals surface area (Å²) in [6, 6.07) is 0. The molecule has 1 unspecified atom stereocenters. The summed E-state index contributed by atoms with van der Waals surface area (Å²) in [4.78, 5) is 67.4. The molecule has 0 aromatic rings. The number of allylic oxidation sites excluding steroid dienone is 4. The van der Waals surface area contributed by atoms with Crippen LogP contribution in [0.2, 0.25) is 0 Å². The fraction of sp³-hybridized carbons (Fsp3) is 0.892. The van der Waals surface area contributed by atoms with Gasteiger partial charge in [-0.1, -0.05) is 347 Å². The minimum atomic E-state index is -2.59. The number of carbonyl (C=O) groups excluding carboxylic acids is 5. The third kappa shape index (κ3) is 63.9. The molecular weight excluding hydrogens is 1190 g/mol. The second kappa shape index (κ2) is 72.0. The van der Waals surface area contributed by atoms with Crippen LogP contribution in [0.4, 0.5) is 0 Å². The number of hydrogen-bond acceptors (Lipinski definition) is 12. The topological polar surface area (TPSA) is 172 Å². The second-order valence-electron chi connectivity index (χ2n) is 28.7. The predicted molar refractivity (Wildman–Crippen MR) is 396 cm³/mol. The molecule has 95 heavy (non-hydrogen) atoms. The number of rotatable bonds is 76. The van der Waals surface area contributed by atoms with Gasteiger partial charge in [0.1, 0.15) is 19.8 Å². The molecule has 0 aromatic carbocycles. The maximum Gasteiger partial charge on any atom is 0.339 e. The molecule has 0 aromatic heterocycles. The largest absolute Gasteiger partial charge is 0.466 e. The van der Waals surface area contributed by atoms with Crippen molar-refractivity contribution < 1.29 is 57.9 Å². The highest BCUT2D eigenvalue weighted by Gasteiger charge is 2.44. The van der Waals surface area contributed by atoms with E-state index in [1.807, 2.05) is 0 Å². The van der Waals surface area contributed by atoms with Gasteiger partial charge in [0, 0.05) is 12.8 Å². The smallest absolute Gasteiger partial charge is 0.339 e. The molecular formula is C83H154O12. The third-order valence-electron chi connectivity index (χ3n) is 19.0. The Hall–Kier alpha value is -3.25. The van der Waals surface area contributed by atoms with Gasteiger partial charge in [0.2, 0.25) is 0 Å². The zero-order chi connectivity index (χ0) is 69.3. The molecule has 0 heterocycles. The zero-order valence-electron chi connectivity index (χ0n) is 62.9. The molecule has 0 saturated carbocycles. The van der Waals surface area contributed by atoms with Gasteiger partial charge in [0.25, 0.3) is 0 Å². The average Bonchev–Trinajstić information content (AvgIpc) is 0.871. The molecule has 0 amide bonds. The molecule has 0 rings (SSSR count). The van der Waals surface area contributed by atoms with Gasteiger partial charge >= 0.3 is 29.8 Å². The van der Waals surface area contributed by atoms with Crippen LogP contribution in [0.3, 0.4) is 0 Å². The highest BCUT2D eigenvalue weighted by Crippen LogP contribution is 2.26. The number of hydrogen-bond donors (Lipinski definition) is 2. The Bertz CT molecular complexity index is 1710. The van der Waals surface area contributed by atoms with Gasteiger partial charge in [-0.3, -0.25) is 19.2 Å². The van der Waals surface area contributed by atoms with Crippen molar-refractivity contribution in [3.8, 4) is 0 Å². The Labute approximate surface area is 585 Å². The van der Waals surface area contributed by atoms with Crippen molar-refractivity contribution in [2.45, 2.75) is 431 Å². The summed E-state index contributed by atoms with van der Waals surface area (Å²) in [6.07, 6.45) is 75.8. The maximum atomic E-state index is 13.8. The highest BCUT2D eigenvalue weighted by atomic mass is 16.6. The Morgan fingerprint density at radius 2 is 0.495 bits per heavy atom. The van der Waals surface area contributed by atoms with Crippen molar-refractivity contribution >= 4 is 29.8 Å². The first kappa shape index (κ1) is 91.8. The number of carbonyl (C=O) groups is 5. The number of aliphatic hydroxyl groups is 2. The molecule has 0 aliphatic carbocycles. The molecule has 12 heteroatoms. The lowest BCUT2D eigenvalue weighted by Crippen LogP contribution is -2.46. The van der Waals surface area contributed by atoms with E-state index < -0.39 is 80.1 Å². The second-order valence-corrected chi connectivity index (χ2v) is 28.7. The van der Waals surface area contributed by atoms with E-state index in [-0.39, 0.29) is 26.1 Å². The van der Waals surface area contributed by atoms with Gasteiger partial charge in [-0.15, -0.1) is 0 Å². The lowest BCUT2D eigenvalue weighted by atomic mass is 9.92. The Kier molecular flexibility index (Phi) is 69.6. The van der Waals surface area contributed by atoms with Crippen LogP contribution in [0.1, 0.15) is 426 Å². The Morgan fingerprint density at radius 1 is 0.274 bits per heavy atom. The minimum absolute atomic E-state index is 0.0151.